The van der Waals surface area contributed by atoms with Crippen molar-refractivity contribution in [1.82, 2.24) is 10.6 Å². The predicted molar refractivity (Wildman–Crippen MR) is 75.6 cm³/mol. The summed E-state index contributed by atoms with van der Waals surface area (Å²) >= 11 is 0. The van der Waals surface area contributed by atoms with Crippen LogP contribution in [0.5, 0.6) is 5.75 Å². The zero-order chi connectivity index (χ0) is 15.1. The number of amides is 3. The van der Waals surface area contributed by atoms with Gasteiger partial charge in [-0.05, 0) is 31.0 Å². The van der Waals surface area contributed by atoms with Crippen molar-refractivity contribution in [3.63, 3.8) is 0 Å². The minimum absolute atomic E-state index is 0.158. The molecule has 0 aromatic heterocycles. The van der Waals surface area contributed by atoms with Gasteiger partial charge in [0.15, 0.2) is 6.61 Å². The summed E-state index contributed by atoms with van der Waals surface area (Å²) < 4.78 is 5.24. The van der Waals surface area contributed by atoms with Gasteiger partial charge in [-0.2, -0.15) is 5.26 Å². The number of nitrogens with zero attached hydrogens (tertiary/aromatic N) is 1. The number of urea groups is 1. The highest BCUT2D eigenvalue weighted by Crippen LogP contribution is 2.17. The molecule has 1 aromatic carbocycles. The van der Waals surface area contributed by atoms with E-state index in [1.165, 1.54) is 6.07 Å². The largest absolute Gasteiger partial charge is 0.484 e. The number of benzene rings is 1. The van der Waals surface area contributed by atoms with Gasteiger partial charge < -0.3 is 10.1 Å². The molecule has 6 heteroatoms. The molecule has 1 saturated carbocycles. The SMILES string of the molecule is N#Cc1cccc(OCC(=O)NC(=O)NC2CCCC2)c1. The lowest BCUT2D eigenvalue weighted by Gasteiger charge is -2.12. The molecule has 0 aliphatic heterocycles. The van der Waals surface area contributed by atoms with Crippen LogP contribution in [0.3, 0.4) is 0 Å². The van der Waals surface area contributed by atoms with Gasteiger partial charge in [0.25, 0.3) is 5.91 Å². The van der Waals surface area contributed by atoms with Gasteiger partial charge in [-0.1, -0.05) is 18.9 Å². The summed E-state index contributed by atoms with van der Waals surface area (Å²) in [4.78, 5) is 23.2. The molecular weight excluding hydrogens is 270 g/mol. The summed E-state index contributed by atoms with van der Waals surface area (Å²) in [6.45, 7) is -0.271. The fraction of sp³-hybridized carbons (Fsp3) is 0.400. The van der Waals surface area contributed by atoms with E-state index in [2.05, 4.69) is 10.6 Å². The van der Waals surface area contributed by atoms with E-state index in [0.717, 1.165) is 25.7 Å². The van der Waals surface area contributed by atoms with Crippen molar-refractivity contribution in [3.05, 3.63) is 29.8 Å². The number of nitrogens with one attached hydrogen (secondary N) is 2. The lowest BCUT2D eigenvalue weighted by Crippen LogP contribution is -2.45. The molecule has 3 amide bonds. The Morgan fingerprint density at radius 2 is 2.10 bits per heavy atom. The summed E-state index contributed by atoms with van der Waals surface area (Å²) in [6, 6.07) is 8.14. The van der Waals surface area contributed by atoms with Crippen LogP contribution in [0.15, 0.2) is 24.3 Å². The molecule has 1 aliphatic carbocycles. The minimum atomic E-state index is -0.521. The second-order valence-corrected chi connectivity index (χ2v) is 4.93. The van der Waals surface area contributed by atoms with Crippen LogP contribution in [0.4, 0.5) is 4.79 Å². The second kappa shape index (κ2) is 7.29. The van der Waals surface area contributed by atoms with Crippen molar-refractivity contribution in [2.24, 2.45) is 0 Å². The van der Waals surface area contributed by atoms with E-state index < -0.39 is 11.9 Å². The number of ether oxygens (including phenoxy) is 1. The summed E-state index contributed by atoms with van der Waals surface area (Å²) in [5.74, 6) is -0.103. The highest BCUT2D eigenvalue weighted by molar-refractivity contribution is 5.95. The fourth-order valence-electron chi connectivity index (χ4n) is 2.26. The lowest BCUT2D eigenvalue weighted by molar-refractivity contribution is -0.122. The smallest absolute Gasteiger partial charge is 0.321 e. The Labute approximate surface area is 123 Å². The third-order valence-electron chi connectivity index (χ3n) is 3.28. The van der Waals surface area contributed by atoms with E-state index in [-0.39, 0.29) is 12.6 Å². The van der Waals surface area contributed by atoms with Crippen LogP contribution in [-0.4, -0.2) is 24.6 Å². The predicted octanol–water partition coefficient (Wildman–Crippen LogP) is 1.71. The molecule has 0 atom stereocenters. The number of hydrogen-bond donors (Lipinski definition) is 2. The van der Waals surface area contributed by atoms with Crippen molar-refractivity contribution in [1.29, 1.82) is 5.26 Å². The van der Waals surface area contributed by atoms with Crippen molar-refractivity contribution in [2.45, 2.75) is 31.7 Å². The maximum Gasteiger partial charge on any atom is 0.321 e. The first-order chi connectivity index (χ1) is 10.2. The lowest BCUT2D eigenvalue weighted by atomic mass is 10.2. The van der Waals surface area contributed by atoms with Crippen LogP contribution in [0, 0.1) is 11.3 Å². The van der Waals surface area contributed by atoms with Gasteiger partial charge in [0.05, 0.1) is 11.6 Å². The van der Waals surface area contributed by atoms with Crippen LogP contribution >= 0.6 is 0 Å². The molecule has 0 unspecified atom stereocenters. The Hall–Kier alpha value is -2.55. The highest BCUT2D eigenvalue weighted by atomic mass is 16.5. The standard InChI is InChI=1S/C15H17N3O3/c16-9-11-4-3-7-13(8-11)21-10-14(19)18-15(20)17-12-5-1-2-6-12/h3-4,7-8,12H,1-2,5-6,10H2,(H2,17,18,19,20). The summed E-state index contributed by atoms with van der Waals surface area (Å²) in [7, 11) is 0. The van der Waals surface area contributed by atoms with Gasteiger partial charge in [0.2, 0.25) is 0 Å². The van der Waals surface area contributed by atoms with Crippen LogP contribution in [0.25, 0.3) is 0 Å². The Kier molecular flexibility index (Phi) is 5.16. The van der Waals surface area contributed by atoms with Crippen LogP contribution in [0.1, 0.15) is 31.2 Å². The fourth-order valence-corrected chi connectivity index (χ4v) is 2.26. The summed E-state index contributed by atoms with van der Waals surface area (Å²) in [6.07, 6.45) is 4.13. The number of carbonyl (C=O) groups excluding carboxylic acids is 2. The maximum absolute atomic E-state index is 11.6. The van der Waals surface area contributed by atoms with E-state index in [4.69, 9.17) is 10.00 Å². The van der Waals surface area contributed by atoms with Crippen molar-refractivity contribution >= 4 is 11.9 Å². The molecule has 1 aliphatic rings. The van der Waals surface area contributed by atoms with Gasteiger partial charge in [-0.15, -0.1) is 0 Å². The first-order valence-electron chi connectivity index (χ1n) is 6.90. The van der Waals surface area contributed by atoms with E-state index in [1.54, 1.807) is 18.2 Å². The molecule has 1 fully saturated rings. The number of hydrogen-bond acceptors (Lipinski definition) is 4. The van der Waals surface area contributed by atoms with Crippen LogP contribution in [0.2, 0.25) is 0 Å². The number of nitriles is 1. The molecule has 1 aromatic rings. The van der Waals surface area contributed by atoms with Gasteiger partial charge in [-0.25, -0.2) is 4.79 Å². The van der Waals surface area contributed by atoms with Gasteiger partial charge in [-0.3, -0.25) is 10.1 Å². The molecule has 0 heterocycles. The number of carbonyl (C=O) groups is 2. The Bertz CT molecular complexity index is 560. The minimum Gasteiger partial charge on any atom is -0.484 e. The van der Waals surface area contributed by atoms with Crippen molar-refractivity contribution in [2.75, 3.05) is 6.61 Å². The zero-order valence-corrected chi connectivity index (χ0v) is 11.6. The van der Waals surface area contributed by atoms with E-state index in [9.17, 15) is 9.59 Å². The molecule has 0 spiro atoms. The van der Waals surface area contributed by atoms with E-state index in [1.807, 2.05) is 6.07 Å². The molecule has 2 rings (SSSR count). The maximum atomic E-state index is 11.6. The molecule has 110 valence electrons. The van der Waals surface area contributed by atoms with Crippen molar-refractivity contribution in [3.8, 4) is 11.8 Å². The third-order valence-corrected chi connectivity index (χ3v) is 3.28. The summed E-state index contributed by atoms with van der Waals surface area (Å²) in [5, 5.41) is 13.7. The second-order valence-electron chi connectivity index (χ2n) is 4.93. The monoisotopic (exact) mass is 287 g/mol. The quantitative estimate of drug-likeness (QED) is 0.881. The first kappa shape index (κ1) is 14.9. The number of rotatable bonds is 4. The molecule has 2 N–H and O–H groups in total. The van der Waals surface area contributed by atoms with E-state index >= 15 is 0 Å². The van der Waals surface area contributed by atoms with Crippen LogP contribution in [-0.2, 0) is 4.79 Å². The summed E-state index contributed by atoms with van der Waals surface area (Å²) in [5.41, 5.74) is 0.451. The molecule has 0 saturated heterocycles. The molecule has 21 heavy (non-hydrogen) atoms. The Morgan fingerprint density at radius 3 is 2.81 bits per heavy atom. The molecule has 6 nitrogen and oxygen atoms in total. The first-order valence-corrected chi connectivity index (χ1v) is 6.90. The zero-order valence-electron chi connectivity index (χ0n) is 11.6. The van der Waals surface area contributed by atoms with Crippen LogP contribution < -0.4 is 15.4 Å². The topological polar surface area (TPSA) is 91.2 Å². The normalized spacial score (nSPS) is 14.2. The van der Waals surface area contributed by atoms with Gasteiger partial charge >= 0.3 is 6.03 Å². The third kappa shape index (κ3) is 4.80. The highest BCUT2D eigenvalue weighted by Gasteiger charge is 2.18. The average molecular weight is 287 g/mol. The van der Waals surface area contributed by atoms with Gasteiger partial charge in [0.1, 0.15) is 5.75 Å². The van der Waals surface area contributed by atoms with Crippen molar-refractivity contribution < 1.29 is 14.3 Å². The Balaban J connectivity index is 1.73. The average Bonchev–Trinajstić information content (AvgIpc) is 2.98. The molecule has 0 bridgehead atoms. The van der Waals surface area contributed by atoms with E-state index in [0.29, 0.717) is 11.3 Å². The molecule has 0 radical (unpaired) electrons. The number of imide groups is 1. The molecular formula is C15H17N3O3. The van der Waals surface area contributed by atoms with Gasteiger partial charge in [0, 0.05) is 6.04 Å². The Morgan fingerprint density at radius 1 is 1.33 bits per heavy atom.